The van der Waals surface area contributed by atoms with Crippen LogP contribution in [0.2, 0.25) is 0 Å². The van der Waals surface area contributed by atoms with Crippen LogP contribution in [0.15, 0.2) is 36.7 Å². The van der Waals surface area contributed by atoms with Gasteiger partial charge in [-0.1, -0.05) is 0 Å². The first-order chi connectivity index (χ1) is 10.1. The molecule has 0 amide bonds. The second-order valence-electron chi connectivity index (χ2n) is 5.08. The quantitative estimate of drug-likeness (QED) is 0.801. The number of pyridine rings is 1. The zero-order valence-electron chi connectivity index (χ0n) is 11.9. The number of carboxylic acid groups (broad SMARTS) is 1. The van der Waals surface area contributed by atoms with Gasteiger partial charge in [-0.3, -0.25) is 9.78 Å². The van der Waals surface area contributed by atoms with Crippen molar-refractivity contribution in [1.29, 1.82) is 0 Å². The Balaban J connectivity index is 2.30. The van der Waals surface area contributed by atoms with E-state index >= 15 is 0 Å². The lowest BCUT2D eigenvalue weighted by molar-refractivity contribution is -0.137. The van der Waals surface area contributed by atoms with Crippen molar-refractivity contribution in [2.75, 3.05) is 0 Å². The van der Waals surface area contributed by atoms with E-state index < -0.39 is 5.97 Å². The van der Waals surface area contributed by atoms with Crippen LogP contribution in [0.1, 0.15) is 11.1 Å². The van der Waals surface area contributed by atoms with Gasteiger partial charge in [0, 0.05) is 18.0 Å². The molecule has 3 aromatic rings. The van der Waals surface area contributed by atoms with E-state index in [1.807, 2.05) is 38.1 Å². The molecule has 21 heavy (non-hydrogen) atoms. The van der Waals surface area contributed by atoms with Crippen molar-refractivity contribution >= 4 is 17.0 Å². The number of carbonyl (C=O) groups is 1. The highest BCUT2D eigenvalue weighted by Crippen LogP contribution is 2.26. The summed E-state index contributed by atoms with van der Waals surface area (Å²) in [5.41, 5.74) is 4.77. The standard InChI is InChI=1S/C16H15N3O2/c1-10-7-13-14(8-11(10)2)19(9-15(20)21)16(18-13)12-3-5-17-6-4-12/h3-8H,9H2,1-2H3,(H,20,21). The van der Waals surface area contributed by atoms with Gasteiger partial charge in [0.25, 0.3) is 0 Å². The molecule has 0 aliphatic heterocycles. The van der Waals surface area contributed by atoms with Crippen LogP contribution in [0.25, 0.3) is 22.4 Å². The zero-order chi connectivity index (χ0) is 15.0. The first-order valence-electron chi connectivity index (χ1n) is 6.66. The Morgan fingerprint density at radius 3 is 2.52 bits per heavy atom. The third-order valence-electron chi connectivity index (χ3n) is 3.60. The second kappa shape index (κ2) is 5.01. The van der Waals surface area contributed by atoms with Gasteiger partial charge in [-0.15, -0.1) is 0 Å². The number of imidazole rings is 1. The lowest BCUT2D eigenvalue weighted by Crippen LogP contribution is -2.10. The third kappa shape index (κ3) is 2.38. The van der Waals surface area contributed by atoms with Gasteiger partial charge in [-0.05, 0) is 49.2 Å². The van der Waals surface area contributed by atoms with Crippen LogP contribution in [-0.2, 0) is 11.3 Å². The average molecular weight is 281 g/mol. The number of fused-ring (bicyclic) bond motifs is 1. The van der Waals surface area contributed by atoms with Crippen molar-refractivity contribution < 1.29 is 9.90 Å². The smallest absolute Gasteiger partial charge is 0.323 e. The number of aryl methyl sites for hydroxylation is 2. The molecule has 3 rings (SSSR count). The molecule has 0 radical (unpaired) electrons. The molecular formula is C16H15N3O2. The largest absolute Gasteiger partial charge is 0.480 e. The molecule has 0 saturated heterocycles. The van der Waals surface area contributed by atoms with Gasteiger partial charge in [0.1, 0.15) is 12.4 Å². The highest BCUT2D eigenvalue weighted by Gasteiger charge is 2.15. The van der Waals surface area contributed by atoms with Gasteiger partial charge in [0.15, 0.2) is 0 Å². The van der Waals surface area contributed by atoms with Crippen molar-refractivity contribution in [3.63, 3.8) is 0 Å². The van der Waals surface area contributed by atoms with Crippen LogP contribution in [0.4, 0.5) is 0 Å². The predicted octanol–water partition coefficient (Wildman–Crippen LogP) is 2.80. The number of nitrogens with zero attached hydrogens (tertiary/aromatic N) is 3. The number of rotatable bonds is 3. The molecule has 5 nitrogen and oxygen atoms in total. The van der Waals surface area contributed by atoms with E-state index in [4.69, 9.17) is 0 Å². The van der Waals surface area contributed by atoms with E-state index in [-0.39, 0.29) is 6.54 Å². The van der Waals surface area contributed by atoms with Gasteiger partial charge >= 0.3 is 5.97 Å². The Hall–Kier alpha value is -2.69. The van der Waals surface area contributed by atoms with Crippen molar-refractivity contribution in [3.8, 4) is 11.4 Å². The van der Waals surface area contributed by atoms with Crippen LogP contribution in [0, 0.1) is 13.8 Å². The van der Waals surface area contributed by atoms with Crippen LogP contribution < -0.4 is 0 Å². The van der Waals surface area contributed by atoms with Crippen LogP contribution >= 0.6 is 0 Å². The molecule has 0 fully saturated rings. The summed E-state index contributed by atoms with van der Waals surface area (Å²) in [6.07, 6.45) is 3.35. The summed E-state index contributed by atoms with van der Waals surface area (Å²) in [5, 5.41) is 9.18. The summed E-state index contributed by atoms with van der Waals surface area (Å²) in [5.74, 6) is -0.234. The van der Waals surface area contributed by atoms with E-state index in [9.17, 15) is 9.90 Å². The Bertz CT molecular complexity index is 822. The lowest BCUT2D eigenvalue weighted by atomic mass is 10.1. The number of carboxylic acids is 1. The van der Waals surface area contributed by atoms with Crippen molar-refractivity contribution in [3.05, 3.63) is 47.8 Å². The van der Waals surface area contributed by atoms with Gasteiger partial charge in [-0.25, -0.2) is 4.98 Å². The molecule has 106 valence electrons. The number of hydrogen-bond donors (Lipinski definition) is 1. The summed E-state index contributed by atoms with van der Waals surface area (Å²) in [6, 6.07) is 7.65. The van der Waals surface area contributed by atoms with E-state index in [2.05, 4.69) is 9.97 Å². The lowest BCUT2D eigenvalue weighted by Gasteiger charge is -2.07. The number of aliphatic carboxylic acids is 1. The number of hydrogen-bond acceptors (Lipinski definition) is 3. The van der Waals surface area contributed by atoms with Crippen LogP contribution in [-0.4, -0.2) is 25.6 Å². The Kier molecular flexibility index (Phi) is 3.17. The SMILES string of the molecule is Cc1cc2nc(-c3ccncc3)n(CC(=O)O)c2cc1C. The minimum Gasteiger partial charge on any atom is -0.480 e. The zero-order valence-corrected chi connectivity index (χ0v) is 11.9. The molecule has 0 spiro atoms. The fourth-order valence-corrected chi connectivity index (χ4v) is 2.40. The fourth-order valence-electron chi connectivity index (χ4n) is 2.40. The minimum atomic E-state index is -0.886. The molecule has 2 aromatic heterocycles. The van der Waals surface area contributed by atoms with E-state index in [1.54, 1.807) is 17.0 Å². The van der Waals surface area contributed by atoms with E-state index in [0.717, 1.165) is 27.7 Å². The van der Waals surface area contributed by atoms with E-state index in [1.165, 1.54) is 0 Å². The fraction of sp³-hybridized carbons (Fsp3) is 0.188. The summed E-state index contributed by atoms with van der Waals surface area (Å²) in [6.45, 7) is 3.92. The van der Waals surface area contributed by atoms with Gasteiger partial charge < -0.3 is 9.67 Å². The first kappa shape index (κ1) is 13.3. The number of benzene rings is 1. The molecule has 0 aliphatic rings. The second-order valence-corrected chi connectivity index (χ2v) is 5.08. The molecule has 0 saturated carbocycles. The maximum absolute atomic E-state index is 11.2. The molecule has 1 N–H and O–H groups in total. The van der Waals surface area contributed by atoms with Gasteiger partial charge in [-0.2, -0.15) is 0 Å². The molecular weight excluding hydrogens is 266 g/mol. The number of aromatic nitrogens is 3. The van der Waals surface area contributed by atoms with Crippen molar-refractivity contribution in [2.45, 2.75) is 20.4 Å². The highest BCUT2D eigenvalue weighted by molar-refractivity contribution is 5.84. The Morgan fingerprint density at radius 1 is 1.19 bits per heavy atom. The molecule has 0 bridgehead atoms. The van der Waals surface area contributed by atoms with Gasteiger partial charge in [0.2, 0.25) is 0 Å². The minimum absolute atomic E-state index is 0.114. The maximum atomic E-state index is 11.2. The molecule has 5 heteroatoms. The predicted molar refractivity (Wildman–Crippen MR) is 80.1 cm³/mol. The topological polar surface area (TPSA) is 68.0 Å². The van der Waals surface area contributed by atoms with Crippen LogP contribution in [0.5, 0.6) is 0 Å². The molecule has 2 heterocycles. The normalized spacial score (nSPS) is 11.0. The van der Waals surface area contributed by atoms with Gasteiger partial charge in [0.05, 0.1) is 11.0 Å². The summed E-state index contributed by atoms with van der Waals surface area (Å²) >= 11 is 0. The maximum Gasteiger partial charge on any atom is 0.323 e. The molecule has 0 unspecified atom stereocenters. The average Bonchev–Trinajstić information content (AvgIpc) is 2.78. The molecule has 1 aromatic carbocycles. The Labute approximate surface area is 121 Å². The third-order valence-corrected chi connectivity index (χ3v) is 3.60. The van der Waals surface area contributed by atoms with Crippen molar-refractivity contribution in [1.82, 2.24) is 14.5 Å². The Morgan fingerprint density at radius 2 is 1.86 bits per heavy atom. The van der Waals surface area contributed by atoms with E-state index in [0.29, 0.717) is 5.82 Å². The summed E-state index contributed by atoms with van der Waals surface area (Å²) in [4.78, 5) is 19.8. The van der Waals surface area contributed by atoms with Crippen LogP contribution in [0.3, 0.4) is 0 Å². The summed E-state index contributed by atoms with van der Waals surface area (Å²) in [7, 11) is 0. The van der Waals surface area contributed by atoms with Crippen molar-refractivity contribution in [2.24, 2.45) is 0 Å². The monoisotopic (exact) mass is 281 g/mol. The summed E-state index contributed by atoms with van der Waals surface area (Å²) < 4.78 is 1.74. The molecule has 0 aliphatic carbocycles. The highest BCUT2D eigenvalue weighted by atomic mass is 16.4. The molecule has 0 atom stereocenters. The first-order valence-corrected chi connectivity index (χ1v) is 6.66.